The Morgan fingerprint density at radius 2 is 1.23 bits per heavy atom. The van der Waals surface area contributed by atoms with Crippen molar-refractivity contribution < 1.29 is 9.32 Å². The lowest BCUT2D eigenvalue weighted by molar-refractivity contribution is 0.421. The Morgan fingerprint density at radius 3 is 1.77 bits per heavy atom. The van der Waals surface area contributed by atoms with E-state index in [-0.39, 0.29) is 29.2 Å². The molecule has 1 N–H and O–H groups in total. The van der Waals surface area contributed by atoms with Gasteiger partial charge in [0.15, 0.2) is 0 Å². The van der Waals surface area contributed by atoms with Crippen LogP contribution in [0.2, 0.25) is 0 Å². The number of rotatable bonds is 6. The quantitative estimate of drug-likeness (QED) is 0.501. The maximum absolute atomic E-state index is 13.3. The summed E-state index contributed by atoms with van der Waals surface area (Å²) in [5.74, 6) is -0.0868. The van der Waals surface area contributed by atoms with Crippen LogP contribution in [0.4, 0.5) is 0 Å². The van der Waals surface area contributed by atoms with Crippen molar-refractivity contribution >= 4 is 19.7 Å². The van der Waals surface area contributed by atoms with E-state index in [0.29, 0.717) is 16.3 Å². The summed E-state index contributed by atoms with van der Waals surface area (Å²) in [5, 5.41) is 11.0. The number of nitrogens with zero attached hydrogens (tertiary/aromatic N) is 2. The highest BCUT2D eigenvalue weighted by Gasteiger charge is 2.23. The second kappa shape index (κ2) is 8.30. The molecule has 1 heterocycles. The Hall–Kier alpha value is -3.16. The van der Waals surface area contributed by atoms with Crippen LogP contribution in [0.25, 0.3) is 11.4 Å². The van der Waals surface area contributed by atoms with Gasteiger partial charge in [0.1, 0.15) is 0 Å². The lowest BCUT2D eigenvalue weighted by atomic mass is 10.2. The molecule has 0 radical (unpaired) electrons. The Kier molecular flexibility index (Phi) is 5.57. The average molecular weight is 437 g/mol. The summed E-state index contributed by atoms with van der Waals surface area (Å²) in [7, 11) is -2.76. The monoisotopic (exact) mass is 436 g/mol. The minimum atomic E-state index is -2.76. The molecule has 0 aliphatic carbocycles. The van der Waals surface area contributed by atoms with Gasteiger partial charge < -0.3 is 5.11 Å². The smallest absolute Gasteiger partial charge is 0.278 e. The molecule has 0 aliphatic rings. The molecule has 0 fully saturated rings. The molecule has 5 nitrogen and oxygen atoms in total. The third kappa shape index (κ3) is 3.81. The van der Waals surface area contributed by atoms with Crippen LogP contribution in [-0.4, -0.2) is 24.4 Å². The Labute approximate surface area is 179 Å². The zero-order valence-electron chi connectivity index (χ0n) is 16.0. The van der Waals surface area contributed by atoms with Gasteiger partial charge in [-0.05, 0) is 54.0 Å². The van der Waals surface area contributed by atoms with Crippen molar-refractivity contribution in [3.8, 4) is 17.3 Å². The van der Waals surface area contributed by atoms with Crippen LogP contribution in [0.5, 0.6) is 5.88 Å². The lowest BCUT2D eigenvalue weighted by Gasteiger charge is -2.12. The zero-order valence-corrected chi connectivity index (χ0v) is 17.7. The SMILES string of the molecule is O=c1c(CCS(=O)(=S)c2ccccc2)c(O)n(-c2ccccc2)n1-c1ccccc1. The van der Waals surface area contributed by atoms with Gasteiger partial charge in [-0.3, -0.25) is 9.00 Å². The van der Waals surface area contributed by atoms with Crippen LogP contribution in [0, 0.1) is 0 Å². The molecule has 0 aliphatic heterocycles. The van der Waals surface area contributed by atoms with E-state index in [4.69, 9.17) is 11.2 Å². The maximum Gasteiger partial charge on any atom is 0.278 e. The summed E-state index contributed by atoms with van der Waals surface area (Å²) in [5.41, 5.74) is 1.09. The van der Waals surface area contributed by atoms with Gasteiger partial charge in [0.25, 0.3) is 5.56 Å². The van der Waals surface area contributed by atoms with Crippen molar-refractivity contribution in [1.82, 2.24) is 9.36 Å². The Morgan fingerprint density at radius 1 is 0.767 bits per heavy atom. The van der Waals surface area contributed by atoms with E-state index < -0.39 is 8.49 Å². The van der Waals surface area contributed by atoms with E-state index in [1.54, 1.807) is 36.4 Å². The first-order valence-corrected chi connectivity index (χ1v) is 12.1. The van der Waals surface area contributed by atoms with Crippen molar-refractivity contribution in [2.75, 3.05) is 5.75 Å². The molecular formula is C23H20N2O3S2. The topological polar surface area (TPSA) is 64.2 Å². The molecule has 1 atom stereocenters. The zero-order chi connectivity index (χ0) is 21.1. The van der Waals surface area contributed by atoms with Gasteiger partial charge in [-0.15, -0.1) is 0 Å². The molecule has 30 heavy (non-hydrogen) atoms. The van der Waals surface area contributed by atoms with E-state index >= 15 is 0 Å². The predicted octanol–water partition coefficient (Wildman–Crippen LogP) is 3.68. The highest BCUT2D eigenvalue weighted by molar-refractivity contribution is 8.32. The molecule has 1 unspecified atom stereocenters. The van der Waals surface area contributed by atoms with Crippen LogP contribution in [0.1, 0.15) is 5.56 Å². The fourth-order valence-electron chi connectivity index (χ4n) is 3.35. The van der Waals surface area contributed by atoms with Gasteiger partial charge in [-0.25, -0.2) is 9.36 Å². The van der Waals surface area contributed by atoms with Gasteiger partial charge in [-0.2, -0.15) is 0 Å². The predicted molar refractivity (Wildman–Crippen MR) is 122 cm³/mol. The number of aromatic hydroxyl groups is 1. The maximum atomic E-state index is 13.3. The van der Waals surface area contributed by atoms with E-state index in [2.05, 4.69) is 0 Å². The molecule has 0 spiro atoms. The molecule has 4 rings (SSSR count). The molecule has 3 aromatic carbocycles. The van der Waals surface area contributed by atoms with Crippen LogP contribution in [-0.2, 0) is 26.1 Å². The number of para-hydroxylation sites is 2. The minimum Gasteiger partial charge on any atom is -0.493 e. The molecule has 0 saturated heterocycles. The molecule has 7 heteroatoms. The molecule has 0 amide bonds. The number of aromatic nitrogens is 2. The third-order valence-corrected chi connectivity index (χ3v) is 7.66. The van der Waals surface area contributed by atoms with E-state index in [0.717, 1.165) is 0 Å². The summed E-state index contributed by atoms with van der Waals surface area (Å²) in [6.07, 6.45) is 0.106. The standard InChI is InChI=1S/C23H20N2O3S2/c26-22-21(16-17-30(28,29)20-14-8-3-9-15-20)23(27)25(19-12-6-2-7-13-19)24(22)18-10-4-1-5-11-18/h1-15,26H,16-17H2. The first-order chi connectivity index (χ1) is 14.5. The average Bonchev–Trinajstić information content (AvgIpc) is 3.04. The molecule has 152 valence electrons. The van der Waals surface area contributed by atoms with Gasteiger partial charge in [0.2, 0.25) is 5.88 Å². The Balaban J connectivity index is 1.80. The van der Waals surface area contributed by atoms with Gasteiger partial charge in [0, 0.05) is 10.6 Å². The van der Waals surface area contributed by atoms with Crippen LogP contribution in [0.3, 0.4) is 0 Å². The number of benzene rings is 3. The van der Waals surface area contributed by atoms with Gasteiger partial charge >= 0.3 is 0 Å². The molecule has 0 saturated carbocycles. The van der Waals surface area contributed by atoms with Gasteiger partial charge in [-0.1, -0.05) is 54.6 Å². The highest BCUT2D eigenvalue weighted by atomic mass is 32.8. The number of hydrogen-bond donors (Lipinski definition) is 1. The molecule has 1 aromatic heterocycles. The molecular weight excluding hydrogens is 416 g/mol. The second-order valence-electron chi connectivity index (χ2n) is 6.78. The highest BCUT2D eigenvalue weighted by Crippen LogP contribution is 2.24. The summed E-state index contributed by atoms with van der Waals surface area (Å²) in [6, 6.07) is 27.1. The minimum absolute atomic E-state index is 0.0861. The van der Waals surface area contributed by atoms with Crippen molar-refractivity contribution in [1.29, 1.82) is 0 Å². The summed E-state index contributed by atoms with van der Waals surface area (Å²) < 4.78 is 15.9. The van der Waals surface area contributed by atoms with Crippen molar-refractivity contribution in [3.63, 3.8) is 0 Å². The normalized spacial score (nSPS) is 13.1. The summed E-state index contributed by atoms with van der Waals surface area (Å²) >= 11 is 5.35. The van der Waals surface area contributed by atoms with E-state index in [9.17, 15) is 14.1 Å². The molecule has 4 aromatic rings. The summed E-state index contributed by atoms with van der Waals surface area (Å²) in [4.78, 5) is 13.9. The summed E-state index contributed by atoms with van der Waals surface area (Å²) in [6.45, 7) is 0. The van der Waals surface area contributed by atoms with E-state index in [1.807, 2.05) is 54.6 Å². The van der Waals surface area contributed by atoms with Crippen LogP contribution < -0.4 is 5.56 Å². The fraction of sp³-hybridized carbons (Fsp3) is 0.0870. The van der Waals surface area contributed by atoms with Crippen molar-refractivity contribution in [2.45, 2.75) is 11.3 Å². The van der Waals surface area contributed by atoms with Gasteiger partial charge in [0.05, 0.1) is 25.4 Å². The first kappa shape index (κ1) is 20.1. The molecule has 0 bridgehead atoms. The van der Waals surface area contributed by atoms with Crippen LogP contribution in [0.15, 0.2) is 101 Å². The fourth-order valence-corrected chi connectivity index (χ4v) is 5.21. The second-order valence-corrected chi connectivity index (χ2v) is 10.5. The van der Waals surface area contributed by atoms with Crippen LogP contribution >= 0.6 is 0 Å². The first-order valence-electron chi connectivity index (χ1n) is 9.43. The Bertz CT molecular complexity index is 1310. The van der Waals surface area contributed by atoms with E-state index in [1.165, 1.54) is 9.36 Å². The van der Waals surface area contributed by atoms with Crippen molar-refractivity contribution in [2.24, 2.45) is 0 Å². The largest absolute Gasteiger partial charge is 0.493 e. The van der Waals surface area contributed by atoms with Crippen molar-refractivity contribution in [3.05, 3.63) is 107 Å². The lowest BCUT2D eigenvalue weighted by Crippen LogP contribution is -2.22. The number of hydrogen-bond acceptors (Lipinski definition) is 4. The third-order valence-electron chi connectivity index (χ3n) is 4.85.